The summed E-state index contributed by atoms with van der Waals surface area (Å²) in [5, 5.41) is 18.7. The number of urea groups is 1. The van der Waals surface area contributed by atoms with Gasteiger partial charge in [0.05, 0.1) is 6.10 Å². The van der Waals surface area contributed by atoms with Crippen LogP contribution in [0.5, 0.6) is 0 Å². The third-order valence-corrected chi connectivity index (χ3v) is 3.95. The molecule has 1 aliphatic rings. The number of aromatic nitrogens is 2. The molecule has 7 heteroatoms. The zero-order valence-electron chi connectivity index (χ0n) is 13.9. The first-order chi connectivity index (χ1) is 11.5. The molecular formula is C17H22N4O3. The van der Waals surface area contributed by atoms with Crippen LogP contribution in [0, 0.1) is 6.92 Å². The van der Waals surface area contributed by atoms with Crippen LogP contribution in [0.25, 0.3) is 11.5 Å². The number of anilines is 1. The molecule has 1 aromatic heterocycles. The lowest BCUT2D eigenvalue weighted by Crippen LogP contribution is -2.31. The number of carbonyl (C=O) groups excluding carboxylic acids is 1. The first kappa shape index (κ1) is 16.4. The quantitative estimate of drug-likeness (QED) is 0.756. The number of aryl methyl sites for hydroxylation is 1. The minimum Gasteiger partial charge on any atom is -0.393 e. The maximum absolute atomic E-state index is 11.8. The summed E-state index contributed by atoms with van der Waals surface area (Å²) in [4.78, 5) is 16.3. The van der Waals surface area contributed by atoms with Crippen molar-refractivity contribution >= 4 is 11.7 Å². The summed E-state index contributed by atoms with van der Waals surface area (Å²) in [5.74, 6) is 1.74. The highest BCUT2D eigenvalue weighted by Gasteiger charge is 2.29. The number of nitrogens with zero attached hydrogens (tertiary/aromatic N) is 2. The first-order valence-corrected chi connectivity index (χ1v) is 8.20. The highest BCUT2D eigenvalue weighted by molar-refractivity contribution is 5.90. The topological polar surface area (TPSA) is 100 Å². The van der Waals surface area contributed by atoms with E-state index in [1.54, 1.807) is 6.92 Å². The molecule has 3 rings (SSSR count). The number of carbonyl (C=O) groups is 1. The Balaban J connectivity index is 1.62. The Morgan fingerprint density at radius 2 is 2.25 bits per heavy atom. The van der Waals surface area contributed by atoms with Gasteiger partial charge < -0.3 is 20.3 Å². The van der Waals surface area contributed by atoms with E-state index in [-0.39, 0.29) is 6.03 Å². The fraction of sp³-hybridized carbons (Fsp3) is 0.471. The maximum atomic E-state index is 11.8. The van der Waals surface area contributed by atoms with Crippen molar-refractivity contribution in [3.05, 3.63) is 29.6 Å². The van der Waals surface area contributed by atoms with Gasteiger partial charge in [-0.1, -0.05) is 5.16 Å². The van der Waals surface area contributed by atoms with Crippen LogP contribution in [0.2, 0.25) is 0 Å². The summed E-state index contributed by atoms with van der Waals surface area (Å²) in [5.41, 5.74) is 2.46. The Morgan fingerprint density at radius 3 is 2.92 bits per heavy atom. The van der Waals surface area contributed by atoms with Gasteiger partial charge in [0.1, 0.15) is 0 Å². The van der Waals surface area contributed by atoms with E-state index in [9.17, 15) is 9.90 Å². The Bertz CT molecular complexity index is 722. The standard InChI is InChI=1S/C17H22N4O3/c1-10-9-13(16-20-15(21-24-16)12-3-4-12)5-6-14(10)19-17(23)18-8-7-11(2)22/h5-6,9,11-12,22H,3-4,7-8H2,1-2H3,(H2,18,19,23). The molecular weight excluding hydrogens is 308 g/mol. The third-order valence-electron chi connectivity index (χ3n) is 3.95. The predicted molar refractivity (Wildman–Crippen MR) is 89.8 cm³/mol. The highest BCUT2D eigenvalue weighted by atomic mass is 16.5. The molecule has 1 saturated carbocycles. The molecule has 3 N–H and O–H groups in total. The Morgan fingerprint density at radius 1 is 1.46 bits per heavy atom. The molecule has 1 atom stereocenters. The number of hydrogen-bond donors (Lipinski definition) is 3. The van der Waals surface area contributed by atoms with Gasteiger partial charge in [0.2, 0.25) is 0 Å². The molecule has 2 amide bonds. The van der Waals surface area contributed by atoms with Gasteiger partial charge in [0, 0.05) is 23.7 Å². The van der Waals surface area contributed by atoms with Gasteiger partial charge in [-0.05, 0) is 56.9 Å². The number of benzene rings is 1. The molecule has 1 heterocycles. The summed E-state index contributed by atoms with van der Waals surface area (Å²) in [6.45, 7) is 4.02. The average Bonchev–Trinajstić information content (AvgIpc) is 3.26. The van der Waals surface area contributed by atoms with Crippen molar-refractivity contribution in [3.8, 4) is 11.5 Å². The van der Waals surface area contributed by atoms with Crippen LogP contribution in [0.3, 0.4) is 0 Å². The molecule has 0 bridgehead atoms. The molecule has 0 radical (unpaired) electrons. The average molecular weight is 330 g/mol. The van der Waals surface area contributed by atoms with Crippen LogP contribution < -0.4 is 10.6 Å². The molecule has 24 heavy (non-hydrogen) atoms. The van der Waals surface area contributed by atoms with Crippen LogP contribution in [-0.2, 0) is 0 Å². The molecule has 128 valence electrons. The van der Waals surface area contributed by atoms with Crippen LogP contribution in [0.1, 0.15) is 43.5 Å². The lowest BCUT2D eigenvalue weighted by Gasteiger charge is -2.11. The zero-order valence-corrected chi connectivity index (χ0v) is 13.9. The molecule has 1 aromatic carbocycles. The van der Waals surface area contributed by atoms with Crippen molar-refractivity contribution in [1.29, 1.82) is 0 Å². The van der Waals surface area contributed by atoms with Gasteiger partial charge in [0.15, 0.2) is 5.82 Å². The van der Waals surface area contributed by atoms with Crippen LogP contribution in [-0.4, -0.2) is 33.9 Å². The molecule has 0 aliphatic heterocycles. The lowest BCUT2D eigenvalue weighted by molar-refractivity contribution is 0.184. The Labute approximate surface area is 140 Å². The van der Waals surface area contributed by atoms with Crippen molar-refractivity contribution < 1.29 is 14.4 Å². The van der Waals surface area contributed by atoms with E-state index in [0.29, 0.717) is 24.8 Å². The van der Waals surface area contributed by atoms with Gasteiger partial charge in [-0.25, -0.2) is 4.79 Å². The van der Waals surface area contributed by atoms with Gasteiger partial charge in [-0.2, -0.15) is 4.98 Å². The third kappa shape index (κ3) is 4.11. The molecule has 7 nitrogen and oxygen atoms in total. The van der Waals surface area contributed by atoms with Crippen molar-refractivity contribution in [3.63, 3.8) is 0 Å². The number of nitrogens with one attached hydrogen (secondary N) is 2. The summed E-state index contributed by atoms with van der Waals surface area (Å²) < 4.78 is 5.32. The van der Waals surface area contributed by atoms with E-state index < -0.39 is 6.10 Å². The van der Waals surface area contributed by atoms with E-state index in [2.05, 4.69) is 20.8 Å². The smallest absolute Gasteiger partial charge is 0.319 e. The van der Waals surface area contributed by atoms with Crippen LogP contribution in [0.4, 0.5) is 10.5 Å². The maximum Gasteiger partial charge on any atom is 0.319 e. The van der Waals surface area contributed by atoms with E-state index in [4.69, 9.17) is 4.52 Å². The van der Waals surface area contributed by atoms with Gasteiger partial charge in [-0.3, -0.25) is 0 Å². The molecule has 1 unspecified atom stereocenters. The second-order valence-electron chi connectivity index (χ2n) is 6.28. The highest BCUT2D eigenvalue weighted by Crippen LogP contribution is 2.39. The van der Waals surface area contributed by atoms with Gasteiger partial charge >= 0.3 is 6.03 Å². The van der Waals surface area contributed by atoms with Crippen molar-refractivity contribution in [2.24, 2.45) is 0 Å². The fourth-order valence-electron chi connectivity index (χ4n) is 2.36. The molecule has 1 aliphatic carbocycles. The van der Waals surface area contributed by atoms with E-state index in [1.807, 2.05) is 25.1 Å². The summed E-state index contributed by atoms with van der Waals surface area (Å²) in [7, 11) is 0. The number of rotatable bonds is 6. The minimum atomic E-state index is -0.429. The van der Waals surface area contributed by atoms with E-state index in [0.717, 1.165) is 35.5 Å². The first-order valence-electron chi connectivity index (χ1n) is 8.20. The predicted octanol–water partition coefficient (Wildman–Crippen LogP) is 2.81. The number of aliphatic hydroxyl groups is 1. The molecule has 0 saturated heterocycles. The van der Waals surface area contributed by atoms with Gasteiger partial charge in [-0.15, -0.1) is 0 Å². The second kappa shape index (κ2) is 7.00. The largest absolute Gasteiger partial charge is 0.393 e. The van der Waals surface area contributed by atoms with Crippen LogP contribution in [0.15, 0.2) is 22.7 Å². The molecule has 0 spiro atoms. The van der Waals surface area contributed by atoms with E-state index in [1.165, 1.54) is 0 Å². The second-order valence-corrected chi connectivity index (χ2v) is 6.28. The van der Waals surface area contributed by atoms with Crippen molar-refractivity contribution in [2.45, 2.75) is 45.1 Å². The number of amides is 2. The SMILES string of the molecule is Cc1cc(-c2nc(C3CC3)no2)ccc1NC(=O)NCCC(C)O. The lowest BCUT2D eigenvalue weighted by atomic mass is 10.1. The van der Waals surface area contributed by atoms with Crippen LogP contribution >= 0.6 is 0 Å². The van der Waals surface area contributed by atoms with E-state index >= 15 is 0 Å². The monoisotopic (exact) mass is 330 g/mol. The summed E-state index contributed by atoms with van der Waals surface area (Å²) in [6, 6.07) is 5.29. The van der Waals surface area contributed by atoms with Gasteiger partial charge in [0.25, 0.3) is 5.89 Å². The molecule has 1 fully saturated rings. The number of aliphatic hydroxyl groups excluding tert-OH is 1. The Kier molecular flexibility index (Phi) is 4.80. The fourth-order valence-corrected chi connectivity index (χ4v) is 2.36. The number of hydrogen-bond acceptors (Lipinski definition) is 5. The Hall–Kier alpha value is -2.41. The summed E-state index contributed by atoms with van der Waals surface area (Å²) >= 11 is 0. The minimum absolute atomic E-state index is 0.291. The summed E-state index contributed by atoms with van der Waals surface area (Å²) in [6.07, 6.45) is 2.35. The normalized spacial score (nSPS) is 15.1. The molecule has 2 aromatic rings. The van der Waals surface area contributed by atoms with Crippen molar-refractivity contribution in [2.75, 3.05) is 11.9 Å². The zero-order chi connectivity index (χ0) is 17.1. The van der Waals surface area contributed by atoms with Crippen molar-refractivity contribution in [1.82, 2.24) is 15.5 Å².